The molecule has 0 aromatic heterocycles. The molecule has 1 aromatic rings. The molecule has 0 heterocycles. The monoisotopic (exact) mass is 277 g/mol. The first-order valence-electron chi connectivity index (χ1n) is 3.91. The van der Waals surface area contributed by atoms with E-state index in [1.165, 1.54) is 6.92 Å². The first kappa shape index (κ1) is 11.5. The second-order valence-electron chi connectivity index (χ2n) is 2.67. The van der Waals surface area contributed by atoms with Gasteiger partial charge in [0, 0.05) is 23.5 Å². The quantitative estimate of drug-likeness (QED) is 0.668. The molecule has 0 aliphatic heterocycles. The molecule has 0 saturated heterocycles. The third-order valence-corrected chi connectivity index (χ3v) is 2.77. The van der Waals surface area contributed by atoms with Crippen molar-refractivity contribution in [2.45, 2.75) is 13.5 Å². The van der Waals surface area contributed by atoms with Crippen LogP contribution in [-0.2, 0) is 11.3 Å². The van der Waals surface area contributed by atoms with Crippen molar-refractivity contribution < 1.29 is 9.53 Å². The Balaban J connectivity index is 3.13. The fourth-order valence-electron chi connectivity index (χ4n) is 0.979. The number of rotatable bonds is 2. The van der Waals surface area contributed by atoms with Gasteiger partial charge in [0.25, 0.3) is 0 Å². The molecular formula is C9H9BrClNO2. The molecule has 3 nitrogen and oxygen atoms in total. The highest BCUT2D eigenvalue weighted by atomic mass is 79.9. The summed E-state index contributed by atoms with van der Waals surface area (Å²) in [5, 5.41) is 0.543. The minimum atomic E-state index is -0.381. The molecule has 0 fully saturated rings. The van der Waals surface area contributed by atoms with E-state index in [9.17, 15) is 4.79 Å². The summed E-state index contributed by atoms with van der Waals surface area (Å²) in [6.07, 6.45) is 0. The first-order valence-corrected chi connectivity index (χ1v) is 5.08. The third kappa shape index (κ3) is 2.70. The Labute approximate surface area is 95.3 Å². The molecule has 2 N–H and O–H groups in total. The molecule has 0 atom stereocenters. The lowest BCUT2D eigenvalue weighted by atomic mass is 10.2. The van der Waals surface area contributed by atoms with Gasteiger partial charge in [0.2, 0.25) is 0 Å². The number of ether oxygens (including phenoxy) is 1. The van der Waals surface area contributed by atoms with Gasteiger partial charge in [-0.1, -0.05) is 11.6 Å². The summed E-state index contributed by atoms with van der Waals surface area (Å²) < 4.78 is 5.64. The van der Waals surface area contributed by atoms with E-state index < -0.39 is 0 Å². The minimum absolute atomic E-state index is 0.273. The zero-order chi connectivity index (χ0) is 10.7. The van der Waals surface area contributed by atoms with Crippen LogP contribution in [0.25, 0.3) is 0 Å². The van der Waals surface area contributed by atoms with Crippen LogP contribution in [0.15, 0.2) is 16.6 Å². The highest BCUT2D eigenvalue weighted by Gasteiger charge is 2.08. The van der Waals surface area contributed by atoms with Crippen LogP contribution in [-0.4, -0.2) is 5.97 Å². The summed E-state index contributed by atoms with van der Waals surface area (Å²) in [5.41, 5.74) is 6.18. The van der Waals surface area contributed by atoms with Crippen molar-refractivity contribution in [3.8, 4) is 5.75 Å². The van der Waals surface area contributed by atoms with Crippen molar-refractivity contribution in [2.24, 2.45) is 5.73 Å². The molecule has 76 valence electrons. The van der Waals surface area contributed by atoms with Crippen LogP contribution in [0.1, 0.15) is 12.5 Å². The molecule has 0 aliphatic carbocycles. The van der Waals surface area contributed by atoms with Gasteiger partial charge in [-0.05, 0) is 28.1 Å². The molecule has 0 unspecified atom stereocenters. The lowest BCUT2D eigenvalue weighted by Crippen LogP contribution is -2.06. The molecule has 0 aliphatic rings. The fraction of sp³-hybridized carbons (Fsp3) is 0.222. The van der Waals surface area contributed by atoms with E-state index >= 15 is 0 Å². The molecule has 0 radical (unpaired) electrons. The van der Waals surface area contributed by atoms with Crippen LogP contribution in [0.3, 0.4) is 0 Å². The summed E-state index contributed by atoms with van der Waals surface area (Å²) in [4.78, 5) is 10.8. The van der Waals surface area contributed by atoms with Gasteiger partial charge in [-0.3, -0.25) is 4.79 Å². The van der Waals surface area contributed by atoms with E-state index in [2.05, 4.69) is 15.9 Å². The summed E-state index contributed by atoms with van der Waals surface area (Å²) in [6, 6.07) is 3.30. The fourth-order valence-corrected chi connectivity index (χ4v) is 1.49. The summed E-state index contributed by atoms with van der Waals surface area (Å²) >= 11 is 9.09. The van der Waals surface area contributed by atoms with Gasteiger partial charge >= 0.3 is 5.97 Å². The predicted octanol–water partition coefficient (Wildman–Crippen LogP) is 2.49. The molecule has 0 saturated carbocycles. The van der Waals surface area contributed by atoms with Crippen molar-refractivity contribution in [3.05, 3.63) is 27.2 Å². The Kier molecular flexibility index (Phi) is 3.92. The molecular weight excluding hydrogens is 269 g/mol. The maximum Gasteiger partial charge on any atom is 0.308 e. The Morgan fingerprint density at radius 3 is 2.79 bits per heavy atom. The Morgan fingerprint density at radius 1 is 1.64 bits per heavy atom. The molecule has 14 heavy (non-hydrogen) atoms. The van der Waals surface area contributed by atoms with Crippen molar-refractivity contribution in [3.63, 3.8) is 0 Å². The molecule has 1 aromatic carbocycles. The Morgan fingerprint density at radius 2 is 2.29 bits per heavy atom. The standard InChI is InChI=1S/C9H9BrClNO2/c1-5(13)14-9-3-7(10)8(11)2-6(9)4-12/h2-3H,4,12H2,1H3. The van der Waals surface area contributed by atoms with Crippen LogP contribution in [0.5, 0.6) is 5.75 Å². The number of nitrogens with two attached hydrogens (primary N) is 1. The smallest absolute Gasteiger partial charge is 0.308 e. The zero-order valence-electron chi connectivity index (χ0n) is 7.51. The van der Waals surface area contributed by atoms with Crippen molar-refractivity contribution in [1.29, 1.82) is 0 Å². The van der Waals surface area contributed by atoms with Gasteiger partial charge in [-0.15, -0.1) is 0 Å². The number of benzene rings is 1. The molecule has 0 bridgehead atoms. The average molecular weight is 279 g/mol. The topological polar surface area (TPSA) is 52.3 Å². The van der Waals surface area contributed by atoms with E-state index in [1.54, 1.807) is 12.1 Å². The molecule has 0 spiro atoms. The number of carbonyl (C=O) groups excluding carboxylic acids is 1. The maximum atomic E-state index is 10.8. The number of esters is 1. The van der Waals surface area contributed by atoms with Gasteiger partial charge in [0.15, 0.2) is 0 Å². The highest BCUT2D eigenvalue weighted by Crippen LogP contribution is 2.30. The van der Waals surface area contributed by atoms with Crippen molar-refractivity contribution >= 4 is 33.5 Å². The number of hydrogen-bond acceptors (Lipinski definition) is 3. The highest BCUT2D eigenvalue weighted by molar-refractivity contribution is 9.10. The molecule has 0 amide bonds. The van der Waals surface area contributed by atoms with Crippen LogP contribution in [0.2, 0.25) is 5.02 Å². The molecule has 1 rings (SSSR count). The summed E-state index contributed by atoms with van der Waals surface area (Å²) in [5.74, 6) is 0.0604. The number of carbonyl (C=O) groups is 1. The summed E-state index contributed by atoms with van der Waals surface area (Å²) in [7, 11) is 0. The van der Waals surface area contributed by atoms with Crippen LogP contribution < -0.4 is 10.5 Å². The van der Waals surface area contributed by atoms with E-state index in [0.717, 1.165) is 0 Å². The van der Waals surface area contributed by atoms with Crippen LogP contribution in [0, 0.1) is 0 Å². The lowest BCUT2D eigenvalue weighted by Gasteiger charge is -2.08. The van der Waals surface area contributed by atoms with E-state index in [1.807, 2.05) is 0 Å². The average Bonchev–Trinajstić information content (AvgIpc) is 2.10. The largest absolute Gasteiger partial charge is 0.426 e. The first-order chi connectivity index (χ1) is 6.54. The van der Waals surface area contributed by atoms with Gasteiger partial charge < -0.3 is 10.5 Å². The lowest BCUT2D eigenvalue weighted by molar-refractivity contribution is -0.131. The number of hydrogen-bond donors (Lipinski definition) is 1. The maximum absolute atomic E-state index is 10.8. The molecule has 5 heteroatoms. The van der Waals surface area contributed by atoms with Gasteiger partial charge in [0.1, 0.15) is 5.75 Å². The minimum Gasteiger partial charge on any atom is -0.426 e. The van der Waals surface area contributed by atoms with E-state index in [4.69, 9.17) is 22.1 Å². The van der Waals surface area contributed by atoms with Gasteiger partial charge in [0.05, 0.1) is 5.02 Å². The van der Waals surface area contributed by atoms with E-state index in [-0.39, 0.29) is 12.5 Å². The SMILES string of the molecule is CC(=O)Oc1cc(Br)c(Cl)cc1CN. The van der Waals surface area contributed by atoms with Crippen molar-refractivity contribution in [2.75, 3.05) is 0 Å². The second-order valence-corrected chi connectivity index (χ2v) is 3.93. The van der Waals surface area contributed by atoms with Gasteiger partial charge in [-0.2, -0.15) is 0 Å². The van der Waals surface area contributed by atoms with Crippen LogP contribution in [0.4, 0.5) is 0 Å². The van der Waals surface area contributed by atoms with E-state index in [0.29, 0.717) is 20.8 Å². The number of halogens is 2. The normalized spacial score (nSPS) is 10.0. The Bertz CT molecular complexity index is 368. The summed E-state index contributed by atoms with van der Waals surface area (Å²) in [6.45, 7) is 1.61. The van der Waals surface area contributed by atoms with Crippen molar-refractivity contribution in [1.82, 2.24) is 0 Å². The van der Waals surface area contributed by atoms with Gasteiger partial charge in [-0.25, -0.2) is 0 Å². The van der Waals surface area contributed by atoms with Crippen LogP contribution >= 0.6 is 27.5 Å². The Hall–Kier alpha value is -0.580. The second kappa shape index (κ2) is 4.77. The third-order valence-electron chi connectivity index (χ3n) is 1.58. The zero-order valence-corrected chi connectivity index (χ0v) is 9.85. The predicted molar refractivity (Wildman–Crippen MR) is 58.4 cm³/mol.